The van der Waals surface area contributed by atoms with Crippen molar-refractivity contribution < 1.29 is 9.84 Å². The second kappa shape index (κ2) is 5.87. The van der Waals surface area contributed by atoms with Gasteiger partial charge >= 0.3 is 0 Å². The van der Waals surface area contributed by atoms with E-state index in [2.05, 4.69) is 10.6 Å². The monoisotopic (exact) mass is 254 g/mol. The summed E-state index contributed by atoms with van der Waals surface area (Å²) in [6.07, 6.45) is 7.48. The van der Waals surface area contributed by atoms with E-state index in [4.69, 9.17) is 4.74 Å². The minimum Gasteiger partial charge on any atom is -0.389 e. The van der Waals surface area contributed by atoms with E-state index in [1.54, 1.807) is 0 Å². The first-order valence-electron chi connectivity index (χ1n) is 7.57. The lowest BCUT2D eigenvalue weighted by Gasteiger charge is -2.32. The van der Waals surface area contributed by atoms with Gasteiger partial charge in [-0.2, -0.15) is 0 Å². The second-order valence-corrected chi connectivity index (χ2v) is 6.21. The van der Waals surface area contributed by atoms with Gasteiger partial charge in [0.2, 0.25) is 0 Å². The Bertz CT molecular complexity index is 271. The van der Waals surface area contributed by atoms with Crippen molar-refractivity contribution in [2.45, 2.75) is 62.8 Å². The van der Waals surface area contributed by atoms with Gasteiger partial charge in [0.15, 0.2) is 0 Å². The average Bonchev–Trinajstić information content (AvgIpc) is 3.10. The predicted octanol–water partition coefficient (Wildman–Crippen LogP) is 0.646. The van der Waals surface area contributed by atoms with Crippen LogP contribution in [0.5, 0.6) is 0 Å². The van der Waals surface area contributed by atoms with Crippen molar-refractivity contribution in [3.8, 4) is 0 Å². The molecule has 0 aromatic carbocycles. The zero-order valence-electron chi connectivity index (χ0n) is 11.1. The zero-order valence-corrected chi connectivity index (χ0v) is 11.1. The molecule has 3 rings (SSSR count). The number of hydrogen-bond donors (Lipinski definition) is 3. The normalized spacial score (nSPS) is 37.5. The number of hydrogen-bond acceptors (Lipinski definition) is 4. The van der Waals surface area contributed by atoms with Gasteiger partial charge in [0, 0.05) is 18.6 Å². The highest BCUT2D eigenvalue weighted by Crippen LogP contribution is 2.32. The van der Waals surface area contributed by atoms with E-state index in [0.717, 1.165) is 12.3 Å². The lowest BCUT2D eigenvalue weighted by atomic mass is 9.84. The summed E-state index contributed by atoms with van der Waals surface area (Å²) in [6, 6.07) is 1.34. The van der Waals surface area contributed by atoms with E-state index < -0.39 is 0 Å². The molecule has 4 unspecified atom stereocenters. The smallest absolute Gasteiger partial charge is 0.0897 e. The Morgan fingerprint density at radius 1 is 1.22 bits per heavy atom. The van der Waals surface area contributed by atoms with Crippen molar-refractivity contribution in [3.63, 3.8) is 0 Å². The summed E-state index contributed by atoms with van der Waals surface area (Å²) in [4.78, 5) is 0. The maximum atomic E-state index is 9.84. The van der Waals surface area contributed by atoms with E-state index in [1.165, 1.54) is 38.6 Å². The molecular formula is C14H26N2O2. The van der Waals surface area contributed by atoms with Gasteiger partial charge in [0.25, 0.3) is 0 Å². The molecule has 0 bridgehead atoms. The fourth-order valence-electron chi connectivity index (χ4n) is 3.29. The third-order valence-electron chi connectivity index (χ3n) is 4.61. The van der Waals surface area contributed by atoms with Gasteiger partial charge in [-0.3, -0.25) is 0 Å². The van der Waals surface area contributed by atoms with Crippen LogP contribution in [0.4, 0.5) is 0 Å². The molecule has 3 fully saturated rings. The van der Waals surface area contributed by atoms with E-state index in [9.17, 15) is 5.11 Å². The minimum atomic E-state index is -0.347. The van der Waals surface area contributed by atoms with Crippen molar-refractivity contribution in [1.29, 1.82) is 0 Å². The van der Waals surface area contributed by atoms with Crippen molar-refractivity contribution in [2.24, 2.45) is 5.92 Å². The molecule has 0 radical (unpaired) electrons. The molecule has 2 saturated carbocycles. The molecule has 1 heterocycles. The largest absolute Gasteiger partial charge is 0.389 e. The highest BCUT2D eigenvalue weighted by atomic mass is 16.5. The van der Waals surface area contributed by atoms with Crippen LogP contribution in [-0.2, 0) is 4.74 Å². The molecule has 2 aliphatic carbocycles. The molecule has 0 aromatic heterocycles. The van der Waals surface area contributed by atoms with E-state index in [-0.39, 0.29) is 6.10 Å². The van der Waals surface area contributed by atoms with Crippen LogP contribution in [0.2, 0.25) is 0 Å². The number of nitrogens with one attached hydrogen (secondary N) is 2. The number of aliphatic hydroxyl groups is 1. The quantitative estimate of drug-likeness (QED) is 0.651. The Balaban J connectivity index is 1.32. The zero-order chi connectivity index (χ0) is 12.4. The Morgan fingerprint density at radius 3 is 2.94 bits per heavy atom. The summed E-state index contributed by atoms with van der Waals surface area (Å²) in [5, 5.41) is 16.7. The highest BCUT2D eigenvalue weighted by molar-refractivity contribution is 4.90. The first-order chi connectivity index (χ1) is 8.81. The van der Waals surface area contributed by atoms with Crippen molar-refractivity contribution in [3.05, 3.63) is 0 Å². The lowest BCUT2D eigenvalue weighted by Crippen LogP contribution is -2.39. The van der Waals surface area contributed by atoms with Crippen molar-refractivity contribution in [2.75, 3.05) is 19.7 Å². The fourth-order valence-corrected chi connectivity index (χ4v) is 3.29. The Hall–Kier alpha value is -0.160. The van der Waals surface area contributed by atoms with Crippen LogP contribution in [0.3, 0.4) is 0 Å². The molecule has 3 N–H and O–H groups in total. The second-order valence-electron chi connectivity index (χ2n) is 6.21. The Labute approximate surface area is 109 Å². The molecule has 104 valence electrons. The first kappa shape index (κ1) is 12.9. The summed E-state index contributed by atoms with van der Waals surface area (Å²) >= 11 is 0. The SMILES string of the molecule is OC(CNC1CC1)COC1CCC2CCNC2C1. The van der Waals surface area contributed by atoms with E-state index >= 15 is 0 Å². The molecular weight excluding hydrogens is 228 g/mol. The summed E-state index contributed by atoms with van der Waals surface area (Å²) in [7, 11) is 0. The molecule has 4 nitrogen and oxygen atoms in total. The number of fused-ring (bicyclic) bond motifs is 1. The molecule has 4 atom stereocenters. The van der Waals surface area contributed by atoms with Crippen LogP contribution in [0.25, 0.3) is 0 Å². The third-order valence-corrected chi connectivity index (χ3v) is 4.61. The molecule has 18 heavy (non-hydrogen) atoms. The van der Waals surface area contributed by atoms with Gasteiger partial charge in [-0.25, -0.2) is 0 Å². The minimum absolute atomic E-state index is 0.347. The molecule has 0 spiro atoms. The van der Waals surface area contributed by atoms with Crippen LogP contribution in [0.15, 0.2) is 0 Å². The van der Waals surface area contributed by atoms with Crippen molar-refractivity contribution >= 4 is 0 Å². The maximum absolute atomic E-state index is 9.84. The molecule has 1 saturated heterocycles. The highest BCUT2D eigenvalue weighted by Gasteiger charge is 2.34. The topological polar surface area (TPSA) is 53.5 Å². The molecule has 1 aliphatic heterocycles. The van der Waals surface area contributed by atoms with Gasteiger partial charge in [0.1, 0.15) is 0 Å². The molecule has 3 aliphatic rings. The van der Waals surface area contributed by atoms with Gasteiger partial charge in [0.05, 0.1) is 18.8 Å². The number of aliphatic hydroxyl groups excluding tert-OH is 1. The maximum Gasteiger partial charge on any atom is 0.0897 e. The van der Waals surface area contributed by atoms with Crippen LogP contribution >= 0.6 is 0 Å². The van der Waals surface area contributed by atoms with E-state index in [0.29, 0.717) is 31.3 Å². The lowest BCUT2D eigenvalue weighted by molar-refractivity contribution is -0.0320. The van der Waals surface area contributed by atoms with Gasteiger partial charge in [-0.15, -0.1) is 0 Å². The van der Waals surface area contributed by atoms with Crippen LogP contribution in [0.1, 0.15) is 38.5 Å². The molecule has 0 amide bonds. The van der Waals surface area contributed by atoms with Gasteiger partial charge < -0.3 is 20.5 Å². The average molecular weight is 254 g/mol. The first-order valence-corrected chi connectivity index (χ1v) is 7.57. The van der Waals surface area contributed by atoms with Crippen LogP contribution in [0, 0.1) is 5.92 Å². The molecule has 4 heteroatoms. The standard InChI is InChI=1S/C14H26N2O2/c17-12(8-16-11-2-3-11)9-18-13-4-1-10-5-6-15-14(10)7-13/h10-17H,1-9H2. The third kappa shape index (κ3) is 3.44. The Morgan fingerprint density at radius 2 is 2.11 bits per heavy atom. The number of rotatable bonds is 6. The summed E-state index contributed by atoms with van der Waals surface area (Å²) < 4.78 is 5.88. The summed E-state index contributed by atoms with van der Waals surface area (Å²) in [5.74, 6) is 0.881. The Kier molecular flexibility index (Phi) is 4.19. The molecule has 0 aromatic rings. The summed E-state index contributed by atoms with van der Waals surface area (Å²) in [5.41, 5.74) is 0. The summed E-state index contributed by atoms with van der Waals surface area (Å²) in [6.45, 7) is 2.35. The van der Waals surface area contributed by atoms with Crippen LogP contribution < -0.4 is 10.6 Å². The van der Waals surface area contributed by atoms with Gasteiger partial charge in [-0.1, -0.05) is 0 Å². The van der Waals surface area contributed by atoms with Crippen LogP contribution in [-0.4, -0.2) is 49.1 Å². The fraction of sp³-hybridized carbons (Fsp3) is 1.00. The van der Waals surface area contributed by atoms with Crippen molar-refractivity contribution in [1.82, 2.24) is 10.6 Å². The number of ether oxygens (including phenoxy) is 1. The predicted molar refractivity (Wildman–Crippen MR) is 70.5 cm³/mol. The van der Waals surface area contributed by atoms with E-state index in [1.807, 2.05) is 0 Å². The van der Waals surface area contributed by atoms with Gasteiger partial charge in [-0.05, 0) is 51.0 Å².